The molecule has 0 bridgehead atoms. The van der Waals surface area contributed by atoms with Crippen LogP contribution in [-0.2, 0) is 0 Å². The summed E-state index contributed by atoms with van der Waals surface area (Å²) in [4.78, 5) is 11.3. The van der Waals surface area contributed by atoms with E-state index in [1.807, 2.05) is 30.3 Å². The topological polar surface area (TPSA) is 17.1 Å². The summed E-state index contributed by atoms with van der Waals surface area (Å²) in [7, 11) is 0. The number of alkyl halides is 1. The van der Waals surface area contributed by atoms with Crippen LogP contribution in [0.3, 0.4) is 0 Å². The van der Waals surface area contributed by atoms with Crippen molar-refractivity contribution in [3.63, 3.8) is 0 Å². The molecule has 0 heterocycles. The third kappa shape index (κ3) is 4.15. The normalized spacial score (nSPS) is 13.7. The van der Waals surface area contributed by atoms with E-state index in [4.69, 9.17) is 11.6 Å². The van der Waals surface area contributed by atoms with E-state index in [9.17, 15) is 4.79 Å². The Bertz CT molecular complexity index is 320. The lowest BCUT2D eigenvalue weighted by atomic mass is 9.93. The summed E-state index contributed by atoms with van der Waals surface area (Å²) in [6.45, 7) is 3.90. The third-order valence-electron chi connectivity index (χ3n) is 2.51. The quantitative estimate of drug-likeness (QED) is 0.564. The molecule has 0 aliphatic carbocycles. The lowest BCUT2D eigenvalue weighted by Crippen LogP contribution is -2.28. The number of carbonyl (C=O) groups is 1. The van der Waals surface area contributed by atoms with Gasteiger partial charge in [-0.25, -0.2) is 0 Å². The van der Waals surface area contributed by atoms with Crippen molar-refractivity contribution in [1.29, 1.82) is 0 Å². The minimum Gasteiger partial charge on any atom is -0.292 e. The molecule has 0 radical (unpaired) electrons. The Kier molecular flexibility index (Phi) is 6.70. The smallest absolute Gasteiger partial charge is 0.183 e. The van der Waals surface area contributed by atoms with E-state index in [0.717, 1.165) is 19.3 Å². The van der Waals surface area contributed by atoms with Crippen LogP contribution in [0, 0.1) is 0 Å². The van der Waals surface area contributed by atoms with Gasteiger partial charge in [0.1, 0.15) is 4.87 Å². The van der Waals surface area contributed by atoms with E-state index in [0.29, 0.717) is 5.56 Å². The molecule has 3 heteroatoms. The van der Waals surface area contributed by atoms with Crippen LogP contribution in [0.25, 0.3) is 0 Å². The Morgan fingerprint density at radius 2 is 1.88 bits per heavy atom. The minimum absolute atomic E-state index is 0. The highest BCUT2D eigenvalue weighted by molar-refractivity contribution is 6.37. The van der Waals surface area contributed by atoms with Gasteiger partial charge in [-0.05, 0) is 13.3 Å². The van der Waals surface area contributed by atoms with Crippen LogP contribution >= 0.6 is 24.0 Å². The van der Waals surface area contributed by atoms with Crippen LogP contribution in [0.2, 0.25) is 0 Å². The van der Waals surface area contributed by atoms with Crippen molar-refractivity contribution in [3.05, 3.63) is 35.9 Å². The van der Waals surface area contributed by atoms with E-state index in [-0.39, 0.29) is 18.2 Å². The largest absolute Gasteiger partial charge is 0.292 e. The van der Waals surface area contributed by atoms with Gasteiger partial charge in [-0.1, -0.05) is 50.1 Å². The molecule has 1 nitrogen and oxygen atoms in total. The van der Waals surface area contributed by atoms with Gasteiger partial charge in [0, 0.05) is 5.56 Å². The van der Waals surface area contributed by atoms with Crippen molar-refractivity contribution in [2.75, 3.05) is 0 Å². The maximum Gasteiger partial charge on any atom is 0.183 e. The number of carbonyl (C=O) groups excluding carboxylic acids is 1. The number of ketones is 1. The number of halogens is 2. The molecule has 1 unspecified atom stereocenters. The Labute approximate surface area is 109 Å². The summed E-state index contributed by atoms with van der Waals surface area (Å²) in [6, 6.07) is 9.25. The van der Waals surface area contributed by atoms with Crippen molar-refractivity contribution in [3.8, 4) is 0 Å². The zero-order chi connectivity index (χ0) is 11.3. The summed E-state index contributed by atoms with van der Waals surface area (Å²) >= 11 is 6.25. The fourth-order valence-electron chi connectivity index (χ4n) is 1.51. The van der Waals surface area contributed by atoms with Gasteiger partial charge in [-0.2, -0.15) is 0 Å². The zero-order valence-corrected chi connectivity index (χ0v) is 11.3. The number of benzene rings is 1. The fraction of sp³-hybridized carbons (Fsp3) is 0.462. The van der Waals surface area contributed by atoms with Gasteiger partial charge in [0.15, 0.2) is 5.78 Å². The van der Waals surface area contributed by atoms with Crippen molar-refractivity contribution in [2.45, 2.75) is 38.0 Å². The van der Waals surface area contributed by atoms with E-state index in [1.54, 1.807) is 6.92 Å². The maximum absolute atomic E-state index is 12.0. The SMILES string of the molecule is CCCCC(C)(Cl)C(=O)c1ccccc1.Cl. The summed E-state index contributed by atoms with van der Waals surface area (Å²) in [5.41, 5.74) is 0.700. The number of hydrogen-bond acceptors (Lipinski definition) is 1. The van der Waals surface area contributed by atoms with E-state index in [2.05, 4.69) is 6.92 Å². The summed E-state index contributed by atoms with van der Waals surface area (Å²) in [5, 5.41) is 0. The first-order chi connectivity index (χ1) is 7.08. The highest BCUT2D eigenvalue weighted by atomic mass is 35.5. The van der Waals surface area contributed by atoms with Crippen molar-refractivity contribution < 1.29 is 4.79 Å². The average molecular weight is 261 g/mol. The monoisotopic (exact) mass is 260 g/mol. The van der Waals surface area contributed by atoms with E-state index >= 15 is 0 Å². The first-order valence-electron chi connectivity index (χ1n) is 5.36. The molecule has 0 aliphatic heterocycles. The van der Waals surface area contributed by atoms with Gasteiger partial charge < -0.3 is 0 Å². The second kappa shape index (κ2) is 6.93. The van der Waals surface area contributed by atoms with Crippen molar-refractivity contribution >= 4 is 29.8 Å². The second-order valence-electron chi connectivity index (χ2n) is 4.00. The molecule has 0 amide bonds. The third-order valence-corrected chi connectivity index (χ3v) is 2.87. The molecule has 0 fully saturated rings. The van der Waals surface area contributed by atoms with Crippen LogP contribution in [0.5, 0.6) is 0 Å². The number of unbranched alkanes of at least 4 members (excludes halogenated alkanes) is 1. The van der Waals surface area contributed by atoms with Crippen LogP contribution in [-0.4, -0.2) is 10.7 Å². The molecule has 1 atom stereocenters. The molecule has 1 aromatic rings. The van der Waals surface area contributed by atoms with E-state index in [1.165, 1.54) is 0 Å². The first-order valence-corrected chi connectivity index (χ1v) is 5.74. The summed E-state index contributed by atoms with van der Waals surface area (Å²) in [6.07, 6.45) is 2.78. The lowest BCUT2D eigenvalue weighted by Gasteiger charge is -2.20. The Balaban J connectivity index is 0.00000225. The standard InChI is InChI=1S/C13H17ClO.ClH/c1-3-4-10-13(2,14)12(15)11-8-6-5-7-9-11;/h5-9H,3-4,10H2,1-2H3;1H. The molecule has 0 aliphatic rings. The lowest BCUT2D eigenvalue weighted by molar-refractivity contribution is 0.0940. The van der Waals surface area contributed by atoms with Crippen molar-refractivity contribution in [2.24, 2.45) is 0 Å². The minimum atomic E-state index is -0.753. The predicted octanol–water partition coefficient (Wildman–Crippen LogP) is 4.48. The predicted molar refractivity (Wildman–Crippen MR) is 71.8 cm³/mol. The van der Waals surface area contributed by atoms with Gasteiger partial charge >= 0.3 is 0 Å². The number of rotatable bonds is 5. The van der Waals surface area contributed by atoms with Gasteiger partial charge in [0.25, 0.3) is 0 Å². The van der Waals surface area contributed by atoms with Crippen LogP contribution < -0.4 is 0 Å². The molecular formula is C13H18Cl2O. The fourth-order valence-corrected chi connectivity index (χ4v) is 1.76. The molecule has 1 rings (SSSR count). The molecule has 16 heavy (non-hydrogen) atoms. The highest BCUT2D eigenvalue weighted by Crippen LogP contribution is 2.26. The Hall–Kier alpha value is -0.530. The first kappa shape index (κ1) is 15.5. The molecule has 0 saturated carbocycles. The molecular weight excluding hydrogens is 243 g/mol. The Morgan fingerprint density at radius 1 is 1.31 bits per heavy atom. The summed E-state index contributed by atoms with van der Waals surface area (Å²) in [5.74, 6) is 0.0261. The van der Waals surface area contributed by atoms with Gasteiger partial charge in [-0.15, -0.1) is 24.0 Å². The van der Waals surface area contributed by atoms with Crippen LogP contribution in [0.1, 0.15) is 43.5 Å². The molecule has 1 aromatic carbocycles. The zero-order valence-electron chi connectivity index (χ0n) is 9.70. The molecule has 0 aromatic heterocycles. The second-order valence-corrected chi connectivity index (χ2v) is 4.83. The molecule has 0 saturated heterocycles. The molecule has 0 spiro atoms. The van der Waals surface area contributed by atoms with Gasteiger partial charge in [0.05, 0.1) is 0 Å². The van der Waals surface area contributed by atoms with Crippen LogP contribution in [0.4, 0.5) is 0 Å². The van der Waals surface area contributed by atoms with Gasteiger partial charge in [-0.3, -0.25) is 4.79 Å². The molecule has 90 valence electrons. The highest BCUT2D eigenvalue weighted by Gasteiger charge is 2.30. The average Bonchev–Trinajstić information content (AvgIpc) is 2.26. The number of Topliss-reactive ketones (excluding diaryl/α,β-unsaturated/α-hetero) is 1. The van der Waals surface area contributed by atoms with Gasteiger partial charge in [0.2, 0.25) is 0 Å². The number of hydrogen-bond donors (Lipinski definition) is 0. The Morgan fingerprint density at radius 3 is 2.38 bits per heavy atom. The van der Waals surface area contributed by atoms with Crippen molar-refractivity contribution in [1.82, 2.24) is 0 Å². The van der Waals surface area contributed by atoms with E-state index < -0.39 is 4.87 Å². The summed E-state index contributed by atoms with van der Waals surface area (Å²) < 4.78 is 0. The molecule has 0 N–H and O–H groups in total. The maximum atomic E-state index is 12.0. The van der Waals surface area contributed by atoms with Crippen LogP contribution in [0.15, 0.2) is 30.3 Å².